The van der Waals surface area contributed by atoms with E-state index >= 15 is 0 Å². The quantitative estimate of drug-likeness (QED) is 0.842. The molecule has 0 heterocycles. The van der Waals surface area contributed by atoms with E-state index in [-0.39, 0.29) is 6.61 Å². The van der Waals surface area contributed by atoms with Crippen LogP contribution in [0.5, 0.6) is 5.75 Å². The molecule has 0 aliphatic carbocycles. The molecule has 1 unspecified atom stereocenters. The number of carbonyl (C=O) groups is 2. The molecule has 0 fully saturated rings. The fourth-order valence-corrected chi connectivity index (χ4v) is 1.46. The zero-order chi connectivity index (χ0) is 15.9. The predicted molar refractivity (Wildman–Crippen MR) is 77.1 cm³/mol. The maximum absolute atomic E-state index is 11.7. The number of methoxy groups -OCH3 is 1. The number of rotatable bonds is 5. The highest BCUT2D eigenvalue weighted by atomic mass is 16.6. The molecule has 0 spiro atoms. The number of esters is 1. The second kappa shape index (κ2) is 7.52. The lowest BCUT2D eigenvalue weighted by molar-refractivity contribution is -0.143. The standard InChI is InChI=1S/C15H21NO5/c1-15(2,3)21-14(18)16-12(13(17)19-4)10-20-11-8-6-5-7-9-11/h5-9,12H,10H2,1-4H3,(H,16,18). The van der Waals surface area contributed by atoms with Crippen LogP contribution in [0.1, 0.15) is 20.8 Å². The van der Waals surface area contributed by atoms with Crippen molar-refractivity contribution in [1.82, 2.24) is 5.32 Å². The molecule has 0 saturated carbocycles. The van der Waals surface area contributed by atoms with Gasteiger partial charge in [0.1, 0.15) is 18.0 Å². The second-order valence-electron chi connectivity index (χ2n) is 5.35. The van der Waals surface area contributed by atoms with Gasteiger partial charge in [0, 0.05) is 0 Å². The molecule has 0 aliphatic heterocycles. The van der Waals surface area contributed by atoms with Crippen LogP contribution < -0.4 is 10.1 Å². The molecule has 1 aromatic carbocycles. The third-order valence-corrected chi connectivity index (χ3v) is 2.34. The second-order valence-corrected chi connectivity index (χ2v) is 5.35. The Morgan fingerprint density at radius 3 is 2.33 bits per heavy atom. The zero-order valence-electron chi connectivity index (χ0n) is 12.7. The molecule has 21 heavy (non-hydrogen) atoms. The summed E-state index contributed by atoms with van der Waals surface area (Å²) in [5.41, 5.74) is -0.648. The Bertz CT molecular complexity index is 467. The van der Waals surface area contributed by atoms with E-state index in [0.717, 1.165) is 0 Å². The van der Waals surface area contributed by atoms with Gasteiger partial charge in [-0.15, -0.1) is 0 Å². The van der Waals surface area contributed by atoms with Gasteiger partial charge in [0.2, 0.25) is 0 Å². The van der Waals surface area contributed by atoms with Crippen LogP contribution in [0.15, 0.2) is 30.3 Å². The highest BCUT2D eigenvalue weighted by Crippen LogP contribution is 2.10. The number of hydrogen-bond acceptors (Lipinski definition) is 5. The summed E-state index contributed by atoms with van der Waals surface area (Å²) in [6, 6.07) is 8.03. The van der Waals surface area contributed by atoms with E-state index in [1.165, 1.54) is 7.11 Å². The molecular formula is C15H21NO5. The minimum atomic E-state index is -0.940. The van der Waals surface area contributed by atoms with E-state index in [0.29, 0.717) is 5.75 Å². The van der Waals surface area contributed by atoms with Gasteiger partial charge in [0.15, 0.2) is 6.04 Å². The van der Waals surface area contributed by atoms with Crippen molar-refractivity contribution in [2.45, 2.75) is 32.4 Å². The van der Waals surface area contributed by atoms with Crippen LogP contribution in [-0.4, -0.2) is 37.4 Å². The summed E-state index contributed by atoms with van der Waals surface area (Å²) in [4.78, 5) is 23.4. The van der Waals surface area contributed by atoms with Gasteiger partial charge in [-0.25, -0.2) is 9.59 Å². The summed E-state index contributed by atoms with van der Waals surface area (Å²) in [6.07, 6.45) is -0.699. The molecule has 0 bridgehead atoms. The van der Waals surface area contributed by atoms with Crippen molar-refractivity contribution in [2.24, 2.45) is 0 Å². The topological polar surface area (TPSA) is 73.9 Å². The first-order valence-electron chi connectivity index (χ1n) is 6.57. The monoisotopic (exact) mass is 295 g/mol. The Kier molecular flexibility index (Phi) is 6.02. The molecule has 116 valence electrons. The van der Waals surface area contributed by atoms with Crippen molar-refractivity contribution >= 4 is 12.1 Å². The summed E-state index contributed by atoms with van der Waals surface area (Å²) < 4.78 is 15.2. The molecule has 6 heteroatoms. The first kappa shape index (κ1) is 16.8. The Balaban J connectivity index is 2.60. The maximum Gasteiger partial charge on any atom is 0.408 e. The average molecular weight is 295 g/mol. The fourth-order valence-electron chi connectivity index (χ4n) is 1.46. The van der Waals surface area contributed by atoms with E-state index in [9.17, 15) is 9.59 Å². The van der Waals surface area contributed by atoms with Crippen molar-refractivity contribution in [3.05, 3.63) is 30.3 Å². The van der Waals surface area contributed by atoms with Crippen molar-refractivity contribution in [1.29, 1.82) is 0 Å². The minimum Gasteiger partial charge on any atom is -0.491 e. The van der Waals surface area contributed by atoms with Crippen molar-refractivity contribution in [3.8, 4) is 5.75 Å². The minimum absolute atomic E-state index is 0.0457. The van der Waals surface area contributed by atoms with Crippen LogP contribution in [-0.2, 0) is 14.3 Å². The predicted octanol–water partition coefficient (Wildman–Crippen LogP) is 2.13. The third kappa shape index (κ3) is 6.65. The van der Waals surface area contributed by atoms with E-state index in [4.69, 9.17) is 9.47 Å². The summed E-state index contributed by atoms with van der Waals surface area (Å²) in [6.45, 7) is 5.16. The summed E-state index contributed by atoms with van der Waals surface area (Å²) in [7, 11) is 1.24. The van der Waals surface area contributed by atoms with E-state index in [1.54, 1.807) is 32.9 Å². The third-order valence-electron chi connectivity index (χ3n) is 2.34. The number of alkyl carbamates (subject to hydrolysis) is 1. The SMILES string of the molecule is COC(=O)C(COc1ccccc1)NC(=O)OC(C)(C)C. The molecular weight excluding hydrogens is 274 g/mol. The summed E-state index contributed by atoms with van der Waals surface area (Å²) in [5.74, 6) is -0.00539. The molecule has 1 atom stereocenters. The number of ether oxygens (including phenoxy) is 3. The van der Waals surface area contributed by atoms with Gasteiger partial charge in [-0.3, -0.25) is 0 Å². The van der Waals surface area contributed by atoms with Crippen molar-refractivity contribution in [3.63, 3.8) is 0 Å². The fraction of sp³-hybridized carbons (Fsp3) is 0.467. The van der Waals surface area contributed by atoms with Crippen LogP contribution in [0, 0.1) is 0 Å². The molecule has 0 aromatic heterocycles. The van der Waals surface area contributed by atoms with Crippen LogP contribution >= 0.6 is 0 Å². The molecule has 1 N–H and O–H groups in total. The number of para-hydroxylation sites is 1. The van der Waals surface area contributed by atoms with Crippen LogP contribution in [0.3, 0.4) is 0 Å². The number of amides is 1. The van der Waals surface area contributed by atoms with Gasteiger partial charge in [-0.05, 0) is 32.9 Å². The number of nitrogens with one attached hydrogen (secondary N) is 1. The van der Waals surface area contributed by atoms with E-state index in [2.05, 4.69) is 10.1 Å². The molecule has 6 nitrogen and oxygen atoms in total. The van der Waals surface area contributed by atoms with E-state index in [1.807, 2.05) is 18.2 Å². The molecule has 1 aromatic rings. The normalized spacial score (nSPS) is 12.2. The van der Waals surface area contributed by atoms with Gasteiger partial charge < -0.3 is 19.5 Å². The lowest BCUT2D eigenvalue weighted by Crippen LogP contribution is -2.47. The van der Waals surface area contributed by atoms with Gasteiger partial charge >= 0.3 is 12.1 Å². The first-order valence-corrected chi connectivity index (χ1v) is 6.57. The van der Waals surface area contributed by atoms with Gasteiger partial charge in [-0.2, -0.15) is 0 Å². The van der Waals surface area contributed by atoms with Crippen LogP contribution in [0.4, 0.5) is 4.79 Å². The Morgan fingerprint density at radius 2 is 1.81 bits per heavy atom. The largest absolute Gasteiger partial charge is 0.491 e. The summed E-state index contributed by atoms with van der Waals surface area (Å²) >= 11 is 0. The van der Waals surface area contributed by atoms with Crippen molar-refractivity contribution < 1.29 is 23.8 Å². The molecule has 1 rings (SSSR count). The molecule has 1 amide bonds. The van der Waals surface area contributed by atoms with Gasteiger partial charge in [0.05, 0.1) is 7.11 Å². The number of benzene rings is 1. The van der Waals surface area contributed by atoms with Gasteiger partial charge in [-0.1, -0.05) is 18.2 Å². The van der Waals surface area contributed by atoms with Crippen LogP contribution in [0.2, 0.25) is 0 Å². The Morgan fingerprint density at radius 1 is 1.19 bits per heavy atom. The zero-order valence-corrected chi connectivity index (χ0v) is 12.7. The highest BCUT2D eigenvalue weighted by Gasteiger charge is 2.25. The molecule has 0 saturated heterocycles. The van der Waals surface area contributed by atoms with Crippen molar-refractivity contribution in [2.75, 3.05) is 13.7 Å². The maximum atomic E-state index is 11.7. The lowest BCUT2D eigenvalue weighted by Gasteiger charge is -2.22. The molecule has 0 radical (unpaired) electrons. The van der Waals surface area contributed by atoms with E-state index < -0.39 is 23.7 Å². The van der Waals surface area contributed by atoms with Gasteiger partial charge in [0.25, 0.3) is 0 Å². The summed E-state index contributed by atoms with van der Waals surface area (Å²) in [5, 5.41) is 2.43. The number of hydrogen-bond donors (Lipinski definition) is 1. The highest BCUT2D eigenvalue weighted by molar-refractivity contribution is 5.81. The first-order chi connectivity index (χ1) is 9.81. The van der Waals surface area contributed by atoms with Crippen LogP contribution in [0.25, 0.3) is 0 Å². The number of carbonyl (C=O) groups excluding carboxylic acids is 2. The Hall–Kier alpha value is -2.24. The lowest BCUT2D eigenvalue weighted by atomic mass is 10.2. The smallest absolute Gasteiger partial charge is 0.408 e. The molecule has 0 aliphatic rings. The average Bonchev–Trinajstić information content (AvgIpc) is 2.41. The Labute approximate surface area is 124 Å².